The molecule has 0 bridgehead atoms. The first-order valence-corrected chi connectivity index (χ1v) is 3.75. The quantitative estimate of drug-likeness (QED) is 0.308. The van der Waals surface area contributed by atoms with E-state index in [1.165, 1.54) is 18.2 Å². The Balaban J connectivity index is 3.20. The number of nitrogens with two attached hydrogens (primary N) is 2. The summed E-state index contributed by atoms with van der Waals surface area (Å²) in [6, 6.07) is 2.47. The molecule has 13 heavy (non-hydrogen) atoms. The van der Waals surface area contributed by atoms with Gasteiger partial charge in [-0.25, -0.2) is 0 Å². The fourth-order valence-electron chi connectivity index (χ4n) is 0.992. The molecule has 70 valence electrons. The first-order chi connectivity index (χ1) is 6.06. The van der Waals surface area contributed by atoms with Crippen LogP contribution in [0.4, 0.5) is 5.69 Å². The Morgan fingerprint density at radius 3 is 2.46 bits per heavy atom. The van der Waals surface area contributed by atoms with Crippen molar-refractivity contribution in [3.8, 4) is 11.5 Å². The Labute approximate surface area is 76.1 Å². The predicted octanol–water partition coefficient (Wildman–Crippen LogP) is 0.866. The Morgan fingerprint density at radius 1 is 1.38 bits per heavy atom. The molecule has 0 amide bonds. The van der Waals surface area contributed by atoms with Crippen molar-refractivity contribution in [2.45, 2.75) is 6.04 Å². The normalized spacial score (nSPS) is 12.4. The molecule has 1 atom stereocenters. The molecular weight excluding hydrogens is 168 g/mol. The van der Waals surface area contributed by atoms with Crippen molar-refractivity contribution < 1.29 is 10.2 Å². The molecule has 1 aromatic carbocycles. The first-order valence-electron chi connectivity index (χ1n) is 3.75. The zero-order valence-electron chi connectivity index (χ0n) is 7.07. The lowest BCUT2D eigenvalue weighted by Gasteiger charge is -2.09. The molecule has 0 aliphatic carbocycles. The van der Waals surface area contributed by atoms with E-state index in [0.29, 0.717) is 5.56 Å². The monoisotopic (exact) mass is 180 g/mol. The molecule has 0 saturated carbocycles. The molecule has 1 aromatic rings. The Bertz CT molecular complexity index is 313. The Hall–Kier alpha value is -1.68. The SMILES string of the molecule is C=CC(N)c1cc(N)c(O)c(O)c1. The number of phenols is 2. The minimum absolute atomic E-state index is 0.104. The van der Waals surface area contributed by atoms with Gasteiger partial charge in [0.15, 0.2) is 11.5 Å². The van der Waals surface area contributed by atoms with Crippen LogP contribution < -0.4 is 11.5 Å². The van der Waals surface area contributed by atoms with Gasteiger partial charge >= 0.3 is 0 Å². The molecular formula is C9H12N2O2. The summed E-state index contributed by atoms with van der Waals surface area (Å²) >= 11 is 0. The van der Waals surface area contributed by atoms with Crippen LogP contribution in [0.5, 0.6) is 11.5 Å². The summed E-state index contributed by atoms with van der Waals surface area (Å²) in [5.41, 5.74) is 11.7. The number of phenolic OH excluding ortho intramolecular Hbond substituents is 2. The standard InChI is InChI=1S/C9H12N2O2/c1-2-6(10)5-3-7(11)9(13)8(12)4-5/h2-4,6,12-13H,1,10-11H2. The number of hydrogen-bond acceptors (Lipinski definition) is 4. The van der Waals surface area contributed by atoms with Gasteiger partial charge in [-0.3, -0.25) is 0 Å². The van der Waals surface area contributed by atoms with Crippen LogP contribution in [0.3, 0.4) is 0 Å². The largest absolute Gasteiger partial charge is 0.504 e. The second kappa shape index (κ2) is 3.37. The highest BCUT2D eigenvalue weighted by atomic mass is 16.3. The average molecular weight is 180 g/mol. The van der Waals surface area contributed by atoms with Crippen molar-refractivity contribution >= 4 is 5.69 Å². The van der Waals surface area contributed by atoms with Crippen molar-refractivity contribution in [3.05, 3.63) is 30.4 Å². The minimum Gasteiger partial charge on any atom is -0.504 e. The van der Waals surface area contributed by atoms with Crippen LogP contribution in [0.1, 0.15) is 11.6 Å². The van der Waals surface area contributed by atoms with E-state index in [4.69, 9.17) is 16.6 Å². The van der Waals surface area contributed by atoms with Crippen LogP contribution in [0.15, 0.2) is 24.8 Å². The van der Waals surface area contributed by atoms with Gasteiger partial charge in [-0.2, -0.15) is 0 Å². The van der Waals surface area contributed by atoms with Gasteiger partial charge in [-0.05, 0) is 17.7 Å². The smallest absolute Gasteiger partial charge is 0.180 e. The highest BCUT2D eigenvalue weighted by Gasteiger charge is 2.09. The maximum Gasteiger partial charge on any atom is 0.180 e. The lowest BCUT2D eigenvalue weighted by molar-refractivity contribution is 0.405. The zero-order chi connectivity index (χ0) is 10.0. The zero-order valence-corrected chi connectivity index (χ0v) is 7.07. The molecule has 0 aliphatic heterocycles. The van der Waals surface area contributed by atoms with Crippen molar-refractivity contribution in [3.63, 3.8) is 0 Å². The summed E-state index contributed by atoms with van der Waals surface area (Å²) in [6.45, 7) is 3.51. The minimum atomic E-state index is -0.395. The lowest BCUT2D eigenvalue weighted by atomic mass is 10.1. The van der Waals surface area contributed by atoms with Crippen LogP contribution in [0.25, 0.3) is 0 Å². The van der Waals surface area contributed by atoms with Gasteiger partial charge in [0.25, 0.3) is 0 Å². The maximum absolute atomic E-state index is 9.21. The van der Waals surface area contributed by atoms with E-state index < -0.39 is 6.04 Å². The molecule has 0 aromatic heterocycles. The van der Waals surface area contributed by atoms with Gasteiger partial charge in [-0.15, -0.1) is 6.58 Å². The summed E-state index contributed by atoms with van der Waals surface area (Å²) in [7, 11) is 0. The van der Waals surface area contributed by atoms with Gasteiger partial charge in [0.1, 0.15) is 0 Å². The summed E-state index contributed by atoms with van der Waals surface area (Å²) < 4.78 is 0. The van der Waals surface area contributed by atoms with Crippen LogP contribution in [0, 0.1) is 0 Å². The summed E-state index contributed by atoms with van der Waals surface area (Å²) in [5, 5.41) is 18.3. The molecule has 4 nitrogen and oxygen atoms in total. The van der Waals surface area contributed by atoms with Crippen LogP contribution in [0.2, 0.25) is 0 Å². The fraction of sp³-hybridized carbons (Fsp3) is 0.111. The second-order valence-corrected chi connectivity index (χ2v) is 2.74. The number of nitrogen functional groups attached to an aromatic ring is 1. The molecule has 6 N–H and O–H groups in total. The molecule has 0 spiro atoms. The lowest BCUT2D eigenvalue weighted by Crippen LogP contribution is -2.06. The maximum atomic E-state index is 9.21. The van der Waals surface area contributed by atoms with E-state index >= 15 is 0 Å². The third-order valence-corrected chi connectivity index (χ3v) is 1.78. The third kappa shape index (κ3) is 1.73. The third-order valence-electron chi connectivity index (χ3n) is 1.78. The molecule has 1 unspecified atom stereocenters. The predicted molar refractivity (Wildman–Crippen MR) is 51.3 cm³/mol. The topological polar surface area (TPSA) is 92.5 Å². The molecule has 1 rings (SSSR count). The van der Waals surface area contributed by atoms with Gasteiger partial charge in [-0.1, -0.05) is 6.08 Å². The van der Waals surface area contributed by atoms with Gasteiger partial charge in [0, 0.05) is 6.04 Å². The molecule has 0 heterocycles. The van der Waals surface area contributed by atoms with Crippen molar-refractivity contribution in [2.75, 3.05) is 5.73 Å². The van der Waals surface area contributed by atoms with Crippen molar-refractivity contribution in [2.24, 2.45) is 5.73 Å². The number of hydrogen-bond donors (Lipinski definition) is 4. The highest BCUT2D eigenvalue weighted by molar-refractivity contribution is 5.61. The first kappa shape index (κ1) is 9.41. The van der Waals surface area contributed by atoms with Crippen LogP contribution in [-0.4, -0.2) is 10.2 Å². The van der Waals surface area contributed by atoms with Crippen LogP contribution >= 0.6 is 0 Å². The van der Waals surface area contributed by atoms with E-state index in [2.05, 4.69) is 6.58 Å². The van der Waals surface area contributed by atoms with Gasteiger partial charge in [0.2, 0.25) is 0 Å². The Morgan fingerprint density at radius 2 is 2.00 bits per heavy atom. The fourth-order valence-corrected chi connectivity index (χ4v) is 0.992. The van der Waals surface area contributed by atoms with E-state index in [1.807, 2.05) is 0 Å². The molecule has 0 saturated heterocycles. The molecule has 0 aliphatic rings. The molecule has 4 heteroatoms. The average Bonchev–Trinajstić information content (AvgIpc) is 2.12. The number of rotatable bonds is 2. The highest BCUT2D eigenvalue weighted by Crippen LogP contribution is 2.33. The van der Waals surface area contributed by atoms with Crippen LogP contribution in [-0.2, 0) is 0 Å². The Kier molecular flexibility index (Phi) is 2.44. The second-order valence-electron chi connectivity index (χ2n) is 2.74. The van der Waals surface area contributed by atoms with E-state index in [1.54, 1.807) is 0 Å². The molecule has 0 fully saturated rings. The van der Waals surface area contributed by atoms with Gasteiger partial charge in [0.05, 0.1) is 5.69 Å². The number of anilines is 1. The van der Waals surface area contributed by atoms with Gasteiger partial charge < -0.3 is 21.7 Å². The number of benzene rings is 1. The summed E-state index contributed by atoms with van der Waals surface area (Å²) in [4.78, 5) is 0. The van der Waals surface area contributed by atoms with Crippen molar-refractivity contribution in [1.82, 2.24) is 0 Å². The number of aromatic hydroxyl groups is 2. The van der Waals surface area contributed by atoms with E-state index in [0.717, 1.165) is 0 Å². The van der Waals surface area contributed by atoms with Crippen molar-refractivity contribution in [1.29, 1.82) is 0 Å². The van der Waals surface area contributed by atoms with E-state index in [-0.39, 0.29) is 17.2 Å². The summed E-state index contributed by atoms with van der Waals surface area (Å²) in [6.07, 6.45) is 1.52. The van der Waals surface area contributed by atoms with E-state index in [9.17, 15) is 5.11 Å². The summed E-state index contributed by atoms with van der Waals surface area (Å²) in [5.74, 6) is -0.590. The molecule has 0 radical (unpaired) electrons.